The highest BCUT2D eigenvalue weighted by molar-refractivity contribution is 5.97. The fourth-order valence-corrected chi connectivity index (χ4v) is 1.80. The molecule has 0 radical (unpaired) electrons. The first kappa shape index (κ1) is 16.6. The van der Waals surface area contributed by atoms with E-state index in [1.165, 1.54) is 24.3 Å². The minimum atomic E-state index is -0.726. The Morgan fingerprint density at radius 1 is 1.29 bits per heavy atom. The third kappa shape index (κ3) is 5.61. The normalized spacial score (nSPS) is 11.6. The van der Waals surface area contributed by atoms with Crippen LogP contribution in [0.25, 0.3) is 0 Å². The Bertz CT molecular complexity index is 535. The topological polar surface area (TPSA) is 82.0 Å². The molecule has 0 saturated carbocycles. The van der Waals surface area contributed by atoms with Crippen LogP contribution in [-0.4, -0.2) is 24.4 Å². The van der Waals surface area contributed by atoms with Gasteiger partial charge < -0.3 is 10.6 Å². The summed E-state index contributed by atoms with van der Waals surface area (Å²) in [7, 11) is 0. The van der Waals surface area contributed by atoms with Crippen LogP contribution in [0.15, 0.2) is 24.3 Å². The minimum absolute atomic E-state index is 0.111. The second-order valence-electron chi connectivity index (χ2n) is 5.04. The number of benzene rings is 1. The van der Waals surface area contributed by atoms with E-state index in [0.29, 0.717) is 6.42 Å². The largest absolute Gasteiger partial charge is 0.341 e. The molecule has 0 unspecified atom stereocenters. The summed E-state index contributed by atoms with van der Waals surface area (Å²) in [4.78, 5) is 24.0. The van der Waals surface area contributed by atoms with Gasteiger partial charge in [0.05, 0.1) is 6.07 Å². The van der Waals surface area contributed by atoms with E-state index in [1.54, 1.807) is 0 Å². The number of nitriles is 1. The molecule has 6 heteroatoms. The molecule has 21 heavy (non-hydrogen) atoms. The number of nitrogens with one attached hydrogen (secondary N) is 2. The number of carbonyl (C=O) groups excluding carboxylic acids is 2. The van der Waals surface area contributed by atoms with Crippen molar-refractivity contribution in [3.05, 3.63) is 35.6 Å². The van der Waals surface area contributed by atoms with E-state index in [1.807, 2.05) is 19.9 Å². The predicted octanol–water partition coefficient (Wildman–Crippen LogP) is 1.61. The van der Waals surface area contributed by atoms with Crippen LogP contribution in [0.1, 0.15) is 30.6 Å². The molecule has 0 bridgehead atoms. The maximum atomic E-state index is 12.8. The van der Waals surface area contributed by atoms with Gasteiger partial charge in [-0.15, -0.1) is 0 Å². The summed E-state index contributed by atoms with van der Waals surface area (Å²) in [6.45, 7) is 3.74. The lowest BCUT2D eigenvalue weighted by molar-refractivity contribution is -0.123. The Kier molecular flexibility index (Phi) is 6.34. The molecule has 1 rings (SSSR count). The molecule has 0 aliphatic heterocycles. The van der Waals surface area contributed by atoms with E-state index in [-0.39, 0.29) is 18.0 Å². The number of halogens is 1. The van der Waals surface area contributed by atoms with E-state index in [0.717, 1.165) is 0 Å². The predicted molar refractivity (Wildman–Crippen MR) is 75.7 cm³/mol. The monoisotopic (exact) mass is 291 g/mol. The summed E-state index contributed by atoms with van der Waals surface area (Å²) in [6, 6.07) is 6.15. The standard InChI is InChI=1S/C15H18FN3O2/c1-10(2)9-13(15(21)18-8-7-17)19-14(20)11-3-5-12(16)6-4-11/h3-6,10,13H,8-9H2,1-2H3,(H,18,21)(H,19,20)/t13-/m0/s1. The number of hydrogen-bond acceptors (Lipinski definition) is 3. The van der Waals surface area contributed by atoms with Crippen molar-refractivity contribution >= 4 is 11.8 Å². The second-order valence-corrected chi connectivity index (χ2v) is 5.04. The molecule has 0 spiro atoms. The lowest BCUT2D eigenvalue weighted by atomic mass is 10.0. The van der Waals surface area contributed by atoms with Gasteiger partial charge in [0.25, 0.3) is 5.91 Å². The average Bonchev–Trinajstić information content (AvgIpc) is 2.44. The van der Waals surface area contributed by atoms with Gasteiger partial charge in [-0.3, -0.25) is 9.59 Å². The van der Waals surface area contributed by atoms with Crippen LogP contribution in [0, 0.1) is 23.1 Å². The summed E-state index contributed by atoms with van der Waals surface area (Å²) in [5.41, 5.74) is 0.276. The second kappa shape index (κ2) is 8.00. The molecule has 2 N–H and O–H groups in total. The molecule has 1 aromatic rings. The van der Waals surface area contributed by atoms with Gasteiger partial charge in [-0.05, 0) is 36.6 Å². The summed E-state index contributed by atoms with van der Waals surface area (Å²) < 4.78 is 12.8. The molecule has 112 valence electrons. The highest BCUT2D eigenvalue weighted by Crippen LogP contribution is 2.08. The van der Waals surface area contributed by atoms with Gasteiger partial charge in [0.15, 0.2) is 0 Å². The zero-order valence-corrected chi connectivity index (χ0v) is 12.0. The Hall–Kier alpha value is -2.42. The molecule has 0 fully saturated rings. The fraction of sp³-hybridized carbons (Fsp3) is 0.400. The molecular weight excluding hydrogens is 273 g/mol. The van der Waals surface area contributed by atoms with Crippen molar-refractivity contribution in [1.29, 1.82) is 5.26 Å². The van der Waals surface area contributed by atoms with Crippen LogP contribution in [0.4, 0.5) is 4.39 Å². The van der Waals surface area contributed by atoms with Crippen LogP contribution in [0.2, 0.25) is 0 Å². The first-order chi connectivity index (χ1) is 9.93. The number of hydrogen-bond donors (Lipinski definition) is 2. The summed E-state index contributed by atoms with van der Waals surface area (Å²) >= 11 is 0. The minimum Gasteiger partial charge on any atom is -0.341 e. The first-order valence-electron chi connectivity index (χ1n) is 6.65. The van der Waals surface area contributed by atoms with Gasteiger partial charge in [-0.25, -0.2) is 4.39 Å². The first-order valence-corrected chi connectivity index (χ1v) is 6.65. The number of carbonyl (C=O) groups is 2. The van der Waals surface area contributed by atoms with Gasteiger partial charge >= 0.3 is 0 Å². The molecule has 5 nitrogen and oxygen atoms in total. The summed E-state index contributed by atoms with van der Waals surface area (Å²) in [6.07, 6.45) is 0.449. The fourth-order valence-electron chi connectivity index (χ4n) is 1.80. The highest BCUT2D eigenvalue weighted by atomic mass is 19.1. The zero-order valence-electron chi connectivity index (χ0n) is 12.0. The van der Waals surface area contributed by atoms with E-state index in [4.69, 9.17) is 5.26 Å². The van der Waals surface area contributed by atoms with E-state index in [9.17, 15) is 14.0 Å². The van der Waals surface area contributed by atoms with Crippen molar-refractivity contribution in [1.82, 2.24) is 10.6 Å². The van der Waals surface area contributed by atoms with Crippen LogP contribution < -0.4 is 10.6 Å². The van der Waals surface area contributed by atoms with Gasteiger partial charge in [0, 0.05) is 5.56 Å². The number of rotatable bonds is 6. The zero-order chi connectivity index (χ0) is 15.8. The third-order valence-electron chi connectivity index (χ3n) is 2.78. The Morgan fingerprint density at radius 3 is 2.43 bits per heavy atom. The van der Waals surface area contributed by atoms with Crippen molar-refractivity contribution < 1.29 is 14.0 Å². The van der Waals surface area contributed by atoms with Gasteiger partial charge in [0.1, 0.15) is 18.4 Å². The Labute approximate surface area is 123 Å². The molecule has 1 atom stereocenters. The third-order valence-corrected chi connectivity index (χ3v) is 2.78. The van der Waals surface area contributed by atoms with Crippen molar-refractivity contribution in [2.75, 3.05) is 6.54 Å². The molecule has 0 saturated heterocycles. The number of amides is 2. The summed E-state index contributed by atoms with van der Waals surface area (Å²) in [5, 5.41) is 13.5. The quantitative estimate of drug-likeness (QED) is 0.781. The molecule has 0 aromatic heterocycles. The molecule has 0 heterocycles. The van der Waals surface area contributed by atoms with Gasteiger partial charge in [-0.2, -0.15) is 5.26 Å². The van der Waals surface area contributed by atoms with Crippen molar-refractivity contribution in [3.8, 4) is 6.07 Å². The van der Waals surface area contributed by atoms with Gasteiger partial charge in [0.2, 0.25) is 5.91 Å². The smallest absolute Gasteiger partial charge is 0.251 e. The average molecular weight is 291 g/mol. The molecule has 0 aliphatic carbocycles. The SMILES string of the molecule is CC(C)C[C@H](NC(=O)c1ccc(F)cc1)C(=O)NCC#N. The van der Waals surface area contributed by atoms with Crippen LogP contribution in [-0.2, 0) is 4.79 Å². The lowest BCUT2D eigenvalue weighted by Crippen LogP contribution is -2.47. The molecule has 1 aromatic carbocycles. The van der Waals surface area contributed by atoms with Crippen LogP contribution in [0.3, 0.4) is 0 Å². The lowest BCUT2D eigenvalue weighted by Gasteiger charge is -2.19. The Morgan fingerprint density at radius 2 is 1.90 bits per heavy atom. The molecule has 0 aliphatic rings. The van der Waals surface area contributed by atoms with Crippen molar-refractivity contribution in [2.24, 2.45) is 5.92 Å². The van der Waals surface area contributed by atoms with Gasteiger partial charge in [-0.1, -0.05) is 13.8 Å². The van der Waals surface area contributed by atoms with E-state index < -0.39 is 23.7 Å². The summed E-state index contributed by atoms with van der Waals surface area (Å²) in [5.74, 6) is -1.10. The van der Waals surface area contributed by atoms with Crippen molar-refractivity contribution in [2.45, 2.75) is 26.3 Å². The highest BCUT2D eigenvalue weighted by Gasteiger charge is 2.22. The maximum absolute atomic E-state index is 12.8. The van der Waals surface area contributed by atoms with Crippen LogP contribution in [0.5, 0.6) is 0 Å². The van der Waals surface area contributed by atoms with E-state index >= 15 is 0 Å². The van der Waals surface area contributed by atoms with Crippen LogP contribution >= 0.6 is 0 Å². The van der Waals surface area contributed by atoms with E-state index in [2.05, 4.69) is 10.6 Å². The number of nitrogens with zero attached hydrogens (tertiary/aromatic N) is 1. The maximum Gasteiger partial charge on any atom is 0.251 e. The molecule has 2 amide bonds. The molecular formula is C15H18FN3O2. The van der Waals surface area contributed by atoms with Crippen molar-refractivity contribution in [3.63, 3.8) is 0 Å². The Balaban J connectivity index is 2.75.